The second kappa shape index (κ2) is 7.64. The van der Waals surface area contributed by atoms with Crippen molar-refractivity contribution >= 4 is 17.8 Å². The number of nitrogens with zero attached hydrogens (tertiary/aromatic N) is 2. The molecule has 1 unspecified atom stereocenters. The fraction of sp³-hybridized carbons (Fsp3) is 0.261. The van der Waals surface area contributed by atoms with Gasteiger partial charge in [0.25, 0.3) is 5.91 Å². The number of nitrogens with one attached hydrogen (secondary N) is 1. The lowest BCUT2D eigenvalue weighted by molar-refractivity contribution is -0.139. The zero-order valence-corrected chi connectivity index (χ0v) is 16.2. The van der Waals surface area contributed by atoms with Gasteiger partial charge in [-0.3, -0.25) is 14.5 Å². The fourth-order valence-electron chi connectivity index (χ4n) is 4.12. The number of hydrogen-bond acceptors (Lipinski definition) is 3. The molecule has 7 heteroatoms. The number of rotatable bonds is 5. The highest BCUT2D eigenvalue weighted by Crippen LogP contribution is 2.41. The van der Waals surface area contributed by atoms with E-state index in [1.165, 1.54) is 17.0 Å². The molecule has 4 amide bonds. The lowest BCUT2D eigenvalue weighted by Crippen LogP contribution is -2.44. The maximum absolute atomic E-state index is 13.2. The number of fused-ring (bicyclic) bond motifs is 2. The van der Waals surface area contributed by atoms with E-state index in [9.17, 15) is 18.8 Å². The van der Waals surface area contributed by atoms with Crippen molar-refractivity contribution in [2.24, 2.45) is 0 Å². The van der Waals surface area contributed by atoms with E-state index in [0.29, 0.717) is 18.4 Å². The third kappa shape index (κ3) is 3.30. The molecular weight excluding hydrogens is 385 g/mol. The number of aryl methyl sites for hydroxylation is 1. The van der Waals surface area contributed by atoms with Gasteiger partial charge in [0.15, 0.2) is 0 Å². The van der Waals surface area contributed by atoms with Gasteiger partial charge in [-0.25, -0.2) is 9.18 Å². The Morgan fingerprint density at radius 3 is 2.67 bits per heavy atom. The largest absolute Gasteiger partial charge is 0.326 e. The molecule has 152 valence electrons. The average molecular weight is 405 g/mol. The highest BCUT2D eigenvalue weighted by molar-refractivity contribution is 6.09. The highest BCUT2D eigenvalue weighted by Gasteiger charge is 2.55. The minimum Gasteiger partial charge on any atom is -0.326 e. The Hall–Kier alpha value is -3.66. The van der Waals surface area contributed by atoms with E-state index in [1.807, 2.05) is 24.3 Å². The number of benzene rings is 2. The number of imide groups is 1. The summed E-state index contributed by atoms with van der Waals surface area (Å²) in [6, 6.07) is 12.6. The summed E-state index contributed by atoms with van der Waals surface area (Å²) in [6.45, 7) is -0.244. The molecule has 0 radical (unpaired) electrons. The number of carbonyl (C=O) groups is 3. The predicted molar refractivity (Wildman–Crippen MR) is 107 cm³/mol. The van der Waals surface area contributed by atoms with Crippen LogP contribution in [0, 0.1) is 18.2 Å². The quantitative estimate of drug-likeness (QED) is 0.612. The van der Waals surface area contributed by atoms with Crippen molar-refractivity contribution < 1.29 is 18.8 Å². The predicted octanol–water partition coefficient (Wildman–Crippen LogP) is 2.18. The van der Waals surface area contributed by atoms with Gasteiger partial charge < -0.3 is 10.2 Å². The number of terminal acetylenes is 1. The average Bonchev–Trinajstić information content (AvgIpc) is 3.22. The summed E-state index contributed by atoms with van der Waals surface area (Å²) in [4.78, 5) is 41.0. The first kappa shape index (κ1) is 19.6. The smallest absolute Gasteiger partial charge is 0.325 e. The van der Waals surface area contributed by atoms with E-state index in [0.717, 1.165) is 16.0 Å². The summed E-state index contributed by atoms with van der Waals surface area (Å²) in [6.07, 6.45) is 6.53. The number of urea groups is 1. The SMILES string of the molecule is C#CCN(Cc1ccc(F)cc1)C(=O)CN1C(=O)NC2(CCc3ccccc32)C1=O. The molecule has 1 heterocycles. The molecule has 1 N–H and O–H groups in total. The van der Waals surface area contributed by atoms with Crippen molar-refractivity contribution in [1.29, 1.82) is 0 Å². The van der Waals surface area contributed by atoms with E-state index in [2.05, 4.69) is 11.2 Å². The highest BCUT2D eigenvalue weighted by atomic mass is 19.1. The van der Waals surface area contributed by atoms with Crippen LogP contribution in [0.2, 0.25) is 0 Å². The van der Waals surface area contributed by atoms with Crippen molar-refractivity contribution in [3.05, 3.63) is 71.0 Å². The van der Waals surface area contributed by atoms with Crippen molar-refractivity contribution in [1.82, 2.24) is 15.1 Å². The van der Waals surface area contributed by atoms with Crippen LogP contribution < -0.4 is 5.32 Å². The zero-order chi connectivity index (χ0) is 21.3. The van der Waals surface area contributed by atoms with Crippen molar-refractivity contribution in [2.45, 2.75) is 24.9 Å². The first-order chi connectivity index (χ1) is 14.4. The van der Waals surface area contributed by atoms with Gasteiger partial charge >= 0.3 is 6.03 Å². The van der Waals surface area contributed by atoms with E-state index < -0.39 is 29.9 Å². The molecular formula is C23H20FN3O3. The molecule has 6 nitrogen and oxygen atoms in total. The Morgan fingerprint density at radius 1 is 1.20 bits per heavy atom. The van der Waals surface area contributed by atoms with Crippen molar-refractivity contribution in [3.8, 4) is 12.3 Å². The van der Waals surface area contributed by atoms with Crippen molar-refractivity contribution in [3.63, 3.8) is 0 Å². The standard InChI is InChI=1S/C23H20FN3O3/c1-2-13-26(14-16-7-9-18(24)10-8-16)20(28)15-27-21(29)23(25-22(27)30)12-11-17-5-3-4-6-19(17)23/h1,3-10H,11-15H2,(H,25,30). The molecule has 0 saturated carbocycles. The van der Waals surface area contributed by atoms with Crippen LogP contribution in [0.5, 0.6) is 0 Å². The van der Waals surface area contributed by atoms with E-state index >= 15 is 0 Å². The molecule has 2 aromatic rings. The molecule has 2 aliphatic rings. The van der Waals surface area contributed by atoms with Crippen LogP contribution in [-0.2, 0) is 28.1 Å². The molecule has 30 heavy (non-hydrogen) atoms. The number of halogens is 1. The van der Waals surface area contributed by atoms with Gasteiger partial charge in [0.05, 0.1) is 6.54 Å². The lowest BCUT2D eigenvalue weighted by Gasteiger charge is -2.24. The maximum atomic E-state index is 13.2. The molecule has 0 aromatic heterocycles. The monoisotopic (exact) mass is 405 g/mol. The van der Waals surface area contributed by atoms with Gasteiger partial charge in [-0.05, 0) is 41.7 Å². The second-order valence-electron chi connectivity index (χ2n) is 7.46. The fourth-order valence-corrected chi connectivity index (χ4v) is 4.12. The molecule has 1 aliphatic carbocycles. The third-order valence-corrected chi connectivity index (χ3v) is 5.64. The Labute approximate surface area is 173 Å². The normalized spacial score (nSPS) is 19.5. The van der Waals surface area contributed by atoms with Gasteiger partial charge in [0.2, 0.25) is 5.91 Å². The van der Waals surface area contributed by atoms with E-state index in [4.69, 9.17) is 6.42 Å². The van der Waals surface area contributed by atoms with Crippen LogP contribution in [0.25, 0.3) is 0 Å². The maximum Gasteiger partial charge on any atom is 0.325 e. The Bertz CT molecular complexity index is 1060. The molecule has 1 saturated heterocycles. The molecule has 4 rings (SSSR count). The van der Waals surface area contributed by atoms with Gasteiger partial charge in [0.1, 0.15) is 17.9 Å². The number of amides is 4. The van der Waals surface area contributed by atoms with Crippen LogP contribution in [0.4, 0.5) is 9.18 Å². The lowest BCUT2D eigenvalue weighted by atomic mass is 9.92. The second-order valence-corrected chi connectivity index (χ2v) is 7.46. The zero-order valence-electron chi connectivity index (χ0n) is 16.2. The summed E-state index contributed by atoms with van der Waals surface area (Å²) in [7, 11) is 0. The van der Waals surface area contributed by atoms with Crippen LogP contribution >= 0.6 is 0 Å². The summed E-state index contributed by atoms with van der Waals surface area (Å²) in [5.41, 5.74) is 1.38. The third-order valence-electron chi connectivity index (χ3n) is 5.64. The van der Waals surface area contributed by atoms with Gasteiger partial charge in [-0.2, -0.15) is 0 Å². The van der Waals surface area contributed by atoms with Crippen LogP contribution in [0.3, 0.4) is 0 Å². The van der Waals surface area contributed by atoms with Gasteiger partial charge in [-0.1, -0.05) is 42.3 Å². The van der Waals surface area contributed by atoms with Gasteiger partial charge in [0, 0.05) is 6.54 Å². The molecule has 1 fully saturated rings. The van der Waals surface area contributed by atoms with Crippen LogP contribution in [0.15, 0.2) is 48.5 Å². The van der Waals surface area contributed by atoms with Crippen molar-refractivity contribution in [2.75, 3.05) is 13.1 Å². The Morgan fingerprint density at radius 2 is 1.93 bits per heavy atom. The molecule has 2 aromatic carbocycles. The Balaban J connectivity index is 1.52. The number of carbonyl (C=O) groups excluding carboxylic acids is 3. The summed E-state index contributed by atoms with van der Waals surface area (Å²) in [5, 5.41) is 2.80. The minimum atomic E-state index is -1.11. The Kier molecular flexibility index (Phi) is 5.00. The van der Waals surface area contributed by atoms with Crippen LogP contribution in [0.1, 0.15) is 23.1 Å². The first-order valence-electron chi connectivity index (χ1n) is 9.63. The summed E-state index contributed by atoms with van der Waals surface area (Å²) < 4.78 is 13.1. The molecule has 1 aliphatic heterocycles. The topological polar surface area (TPSA) is 69.7 Å². The number of hydrogen-bond donors (Lipinski definition) is 1. The molecule has 0 bridgehead atoms. The summed E-state index contributed by atoms with van der Waals surface area (Å²) in [5.74, 6) is 1.16. The first-order valence-corrected chi connectivity index (χ1v) is 9.63. The molecule has 1 atom stereocenters. The van der Waals surface area contributed by atoms with E-state index in [1.54, 1.807) is 12.1 Å². The van der Waals surface area contributed by atoms with E-state index in [-0.39, 0.29) is 18.9 Å². The van der Waals surface area contributed by atoms with Crippen LogP contribution in [-0.4, -0.2) is 40.7 Å². The molecule has 1 spiro atoms. The minimum absolute atomic E-state index is 0.00777. The van der Waals surface area contributed by atoms with Gasteiger partial charge in [-0.15, -0.1) is 6.42 Å². The summed E-state index contributed by atoms with van der Waals surface area (Å²) >= 11 is 0.